The molecular formula is C29H32N8. The van der Waals surface area contributed by atoms with Crippen LogP contribution < -0.4 is 15.1 Å². The quantitative estimate of drug-likeness (QED) is 0.237. The molecule has 0 saturated heterocycles. The van der Waals surface area contributed by atoms with Crippen LogP contribution in [0.1, 0.15) is 11.1 Å². The van der Waals surface area contributed by atoms with Crippen LogP contribution in [-0.2, 0) is 6.42 Å². The Labute approximate surface area is 217 Å². The van der Waals surface area contributed by atoms with Crippen molar-refractivity contribution in [2.24, 2.45) is 4.99 Å². The largest absolute Gasteiger partial charge is 0.360 e. The fourth-order valence-corrected chi connectivity index (χ4v) is 4.69. The van der Waals surface area contributed by atoms with E-state index in [4.69, 9.17) is 15.8 Å². The predicted molar refractivity (Wildman–Crippen MR) is 155 cm³/mol. The molecule has 5 rings (SSSR count). The number of aliphatic imine (C=N–C) groups is 1. The first-order chi connectivity index (χ1) is 17.8. The van der Waals surface area contributed by atoms with Crippen molar-refractivity contribution in [3.63, 3.8) is 0 Å². The number of hydrogen-bond donors (Lipinski definition) is 4. The van der Waals surface area contributed by atoms with Gasteiger partial charge in [-0.25, -0.2) is 0 Å². The summed E-state index contributed by atoms with van der Waals surface area (Å²) in [6, 6.07) is 20.9. The molecule has 0 saturated carbocycles. The van der Waals surface area contributed by atoms with Gasteiger partial charge in [0.05, 0.1) is 11.4 Å². The molecule has 8 nitrogen and oxygen atoms in total. The second-order valence-corrected chi connectivity index (χ2v) is 9.49. The first-order valence-corrected chi connectivity index (χ1v) is 12.2. The average Bonchev–Trinajstić information content (AvgIpc) is 3.54. The molecule has 0 aliphatic carbocycles. The number of H-pyrrole nitrogens is 1. The van der Waals surface area contributed by atoms with Crippen LogP contribution in [0.3, 0.4) is 0 Å². The molecule has 0 amide bonds. The van der Waals surface area contributed by atoms with Crippen LogP contribution in [0.5, 0.6) is 0 Å². The van der Waals surface area contributed by atoms with E-state index < -0.39 is 0 Å². The van der Waals surface area contributed by atoms with Crippen molar-refractivity contribution in [2.45, 2.75) is 6.42 Å². The van der Waals surface area contributed by atoms with E-state index in [1.165, 1.54) is 5.56 Å². The lowest BCUT2D eigenvalue weighted by Crippen LogP contribution is -2.37. The van der Waals surface area contributed by atoms with Gasteiger partial charge in [-0.05, 0) is 59.2 Å². The molecule has 4 aromatic rings. The molecule has 37 heavy (non-hydrogen) atoms. The van der Waals surface area contributed by atoms with Gasteiger partial charge in [0.25, 0.3) is 0 Å². The van der Waals surface area contributed by atoms with Crippen molar-refractivity contribution < 1.29 is 0 Å². The number of fused-ring (bicyclic) bond motifs is 2. The lowest BCUT2D eigenvalue weighted by Gasteiger charge is -2.25. The summed E-state index contributed by atoms with van der Waals surface area (Å²) in [5.41, 5.74) is 9.58. The number of guanidine groups is 2. The minimum absolute atomic E-state index is 0.346. The zero-order chi connectivity index (χ0) is 26.3. The van der Waals surface area contributed by atoms with Crippen LogP contribution in [0.15, 0.2) is 71.9 Å². The summed E-state index contributed by atoms with van der Waals surface area (Å²) in [5.74, 6) is 0.780. The highest BCUT2D eigenvalue weighted by Crippen LogP contribution is 2.35. The monoisotopic (exact) mass is 492 g/mol. The number of anilines is 2. The fourth-order valence-electron chi connectivity index (χ4n) is 4.69. The highest BCUT2D eigenvalue weighted by Gasteiger charge is 2.21. The van der Waals surface area contributed by atoms with Gasteiger partial charge in [-0.3, -0.25) is 15.8 Å². The maximum atomic E-state index is 8.28. The Morgan fingerprint density at radius 3 is 2.27 bits per heavy atom. The first-order valence-electron chi connectivity index (χ1n) is 12.2. The van der Waals surface area contributed by atoms with Crippen LogP contribution in [0.2, 0.25) is 0 Å². The Bertz CT molecular complexity index is 1530. The maximum Gasteiger partial charge on any atom is 0.197 e. The number of benzene rings is 3. The minimum Gasteiger partial charge on any atom is -0.360 e. The molecular weight excluding hydrogens is 460 g/mol. The van der Waals surface area contributed by atoms with Crippen molar-refractivity contribution in [3.05, 3.63) is 78.0 Å². The van der Waals surface area contributed by atoms with E-state index in [0.717, 1.165) is 56.8 Å². The predicted octanol–water partition coefficient (Wildman–Crippen LogP) is 5.03. The second kappa shape index (κ2) is 9.46. The smallest absolute Gasteiger partial charge is 0.197 e. The zero-order valence-corrected chi connectivity index (χ0v) is 21.8. The molecule has 0 bridgehead atoms. The van der Waals surface area contributed by atoms with E-state index in [9.17, 15) is 0 Å². The van der Waals surface area contributed by atoms with Gasteiger partial charge in [0.15, 0.2) is 11.9 Å². The molecule has 2 heterocycles. The lowest BCUT2D eigenvalue weighted by atomic mass is 9.99. The Hall–Kier alpha value is -4.59. The van der Waals surface area contributed by atoms with E-state index in [1.54, 1.807) is 16.8 Å². The standard InChI is InChI=1S/C29H32N8/c1-32-28(30)36(4)21-9-6-18(7-10-21)19-8-12-26-23(15-19)24(17-33-26)27-16-20-14-22(11-13-25(20)34-27)37(5)29(31)35(2)3/h6-15,17,31,33H,16H2,1-5H3,(H2,30,32). The highest BCUT2D eigenvalue weighted by atomic mass is 15.3. The van der Waals surface area contributed by atoms with Crippen LogP contribution in [-0.4, -0.2) is 62.8 Å². The maximum absolute atomic E-state index is 8.28. The van der Waals surface area contributed by atoms with Gasteiger partial charge in [0, 0.05) is 75.7 Å². The van der Waals surface area contributed by atoms with Gasteiger partial charge < -0.3 is 25.0 Å². The van der Waals surface area contributed by atoms with E-state index in [-0.39, 0.29) is 0 Å². The van der Waals surface area contributed by atoms with Gasteiger partial charge in [0.2, 0.25) is 0 Å². The number of rotatable bonds is 4. The first kappa shape index (κ1) is 24.1. The van der Waals surface area contributed by atoms with Gasteiger partial charge >= 0.3 is 0 Å². The summed E-state index contributed by atoms with van der Waals surface area (Å²) >= 11 is 0. The third kappa shape index (κ3) is 4.42. The molecule has 0 radical (unpaired) electrons. The van der Waals surface area contributed by atoms with Gasteiger partial charge in [-0.2, -0.15) is 0 Å². The molecule has 188 valence electrons. The van der Waals surface area contributed by atoms with Crippen LogP contribution >= 0.6 is 0 Å². The summed E-state index contributed by atoms with van der Waals surface area (Å²) in [6.07, 6.45) is 2.80. The Kier molecular flexibility index (Phi) is 6.17. The molecule has 0 fully saturated rings. The molecule has 1 aromatic heterocycles. The minimum atomic E-state index is 0.346. The SMILES string of the molecule is CNC(=N)N(C)c1ccc(-c2ccc3[nH]cc(C4=Nc5ccc(N(C)C(=N)N(C)C)cc5C4)c3c2)cc1. The Balaban J connectivity index is 1.42. The van der Waals surface area contributed by atoms with Crippen LogP contribution in [0.25, 0.3) is 22.0 Å². The lowest BCUT2D eigenvalue weighted by molar-refractivity contribution is 0.603. The molecule has 1 aliphatic heterocycles. The van der Waals surface area contributed by atoms with Crippen LogP contribution in [0, 0.1) is 10.8 Å². The number of hydrogen-bond acceptors (Lipinski definition) is 3. The van der Waals surface area contributed by atoms with E-state index >= 15 is 0 Å². The van der Waals surface area contributed by atoms with E-state index in [0.29, 0.717) is 11.9 Å². The molecule has 0 atom stereocenters. The summed E-state index contributed by atoms with van der Waals surface area (Å²) in [4.78, 5) is 13.8. The summed E-state index contributed by atoms with van der Waals surface area (Å²) < 4.78 is 0. The molecule has 0 spiro atoms. The van der Waals surface area contributed by atoms with Crippen molar-refractivity contribution >= 4 is 45.6 Å². The molecule has 4 N–H and O–H groups in total. The number of nitrogens with zero attached hydrogens (tertiary/aromatic N) is 4. The van der Waals surface area contributed by atoms with E-state index in [1.807, 2.05) is 57.4 Å². The van der Waals surface area contributed by atoms with Crippen molar-refractivity contribution in [3.8, 4) is 11.1 Å². The third-order valence-electron chi connectivity index (χ3n) is 6.96. The third-order valence-corrected chi connectivity index (χ3v) is 6.96. The second-order valence-electron chi connectivity index (χ2n) is 9.49. The zero-order valence-electron chi connectivity index (χ0n) is 21.8. The number of aromatic amines is 1. The van der Waals surface area contributed by atoms with E-state index in [2.05, 4.69) is 52.9 Å². The van der Waals surface area contributed by atoms with Gasteiger partial charge in [-0.1, -0.05) is 18.2 Å². The molecule has 1 aliphatic rings. The number of nitrogens with one attached hydrogen (secondary N) is 4. The fraction of sp³-hybridized carbons (Fsp3) is 0.207. The average molecular weight is 493 g/mol. The number of aromatic nitrogens is 1. The van der Waals surface area contributed by atoms with Crippen molar-refractivity contribution in [1.82, 2.24) is 15.2 Å². The summed E-state index contributed by atoms with van der Waals surface area (Å²) in [5, 5.41) is 20.3. The summed E-state index contributed by atoms with van der Waals surface area (Å²) in [7, 11) is 9.29. The Morgan fingerprint density at radius 1 is 0.865 bits per heavy atom. The van der Waals surface area contributed by atoms with Gasteiger partial charge in [0.1, 0.15) is 0 Å². The highest BCUT2D eigenvalue weighted by molar-refractivity contribution is 6.15. The summed E-state index contributed by atoms with van der Waals surface area (Å²) in [6.45, 7) is 0. The molecule has 0 unspecified atom stereocenters. The van der Waals surface area contributed by atoms with Crippen molar-refractivity contribution in [2.75, 3.05) is 45.0 Å². The van der Waals surface area contributed by atoms with Crippen LogP contribution in [0.4, 0.5) is 17.1 Å². The molecule has 3 aromatic carbocycles. The van der Waals surface area contributed by atoms with Crippen molar-refractivity contribution in [1.29, 1.82) is 10.8 Å². The Morgan fingerprint density at radius 2 is 1.57 bits per heavy atom. The van der Waals surface area contributed by atoms with Gasteiger partial charge in [-0.15, -0.1) is 0 Å². The normalized spacial score (nSPS) is 12.2. The molecule has 8 heteroatoms. The topological polar surface area (TPSA) is 97.6 Å².